The first-order valence-corrected chi connectivity index (χ1v) is 5.90. The summed E-state index contributed by atoms with van der Waals surface area (Å²) < 4.78 is 13.6. The predicted molar refractivity (Wildman–Crippen MR) is 54.0 cm³/mol. The van der Waals surface area contributed by atoms with E-state index in [2.05, 4.69) is 10.2 Å². The summed E-state index contributed by atoms with van der Waals surface area (Å²) in [5, 5.41) is 3.54. The molecule has 3 rings (SSSR count). The molecule has 3 aliphatic rings. The summed E-state index contributed by atoms with van der Waals surface area (Å²) in [4.78, 5) is 2.35. The molecule has 0 spiro atoms. The van der Waals surface area contributed by atoms with Gasteiger partial charge in [-0.15, -0.1) is 0 Å². The highest BCUT2D eigenvalue weighted by Gasteiger charge is 2.45. The second-order valence-electron chi connectivity index (χ2n) is 5.28. The van der Waals surface area contributed by atoms with Gasteiger partial charge in [-0.1, -0.05) is 0 Å². The fourth-order valence-corrected chi connectivity index (χ4v) is 2.96. The molecule has 0 amide bonds. The van der Waals surface area contributed by atoms with Crippen LogP contribution in [-0.4, -0.2) is 42.8 Å². The molecular weight excluding hydrogens is 179 g/mol. The fourth-order valence-electron chi connectivity index (χ4n) is 2.96. The normalized spacial score (nSPS) is 40.9. The molecule has 1 aliphatic carbocycles. The molecule has 1 saturated carbocycles. The molecule has 2 nitrogen and oxygen atoms in total. The average molecular weight is 198 g/mol. The van der Waals surface area contributed by atoms with Crippen molar-refractivity contribution in [3.63, 3.8) is 0 Å². The van der Waals surface area contributed by atoms with Crippen LogP contribution < -0.4 is 5.32 Å². The Bertz CT molecular complexity index is 227. The van der Waals surface area contributed by atoms with Gasteiger partial charge in [0, 0.05) is 19.1 Å². The molecule has 2 unspecified atom stereocenters. The Kier molecular flexibility index (Phi) is 2.06. The molecule has 2 atom stereocenters. The lowest BCUT2D eigenvalue weighted by atomic mass is 9.93. The molecule has 2 saturated heterocycles. The van der Waals surface area contributed by atoms with Gasteiger partial charge in [0.1, 0.15) is 5.67 Å². The SMILES string of the molecule is FC1(CN2CCC3NCCC3C2)CC1. The first-order valence-electron chi connectivity index (χ1n) is 5.90. The largest absolute Gasteiger partial charge is 0.314 e. The van der Waals surface area contributed by atoms with E-state index < -0.39 is 5.67 Å². The minimum absolute atomic E-state index is 0.705. The monoisotopic (exact) mass is 198 g/mol. The van der Waals surface area contributed by atoms with Crippen molar-refractivity contribution in [3.8, 4) is 0 Å². The third-order valence-corrected chi connectivity index (χ3v) is 4.04. The van der Waals surface area contributed by atoms with Gasteiger partial charge in [0.2, 0.25) is 0 Å². The topological polar surface area (TPSA) is 15.3 Å². The van der Waals surface area contributed by atoms with Crippen LogP contribution in [0.3, 0.4) is 0 Å². The molecule has 0 bridgehead atoms. The molecule has 0 radical (unpaired) electrons. The predicted octanol–water partition coefficient (Wildman–Crippen LogP) is 1.17. The van der Waals surface area contributed by atoms with Crippen LogP contribution >= 0.6 is 0 Å². The second-order valence-corrected chi connectivity index (χ2v) is 5.28. The van der Waals surface area contributed by atoms with Gasteiger partial charge in [-0.3, -0.25) is 4.90 Å². The van der Waals surface area contributed by atoms with Crippen molar-refractivity contribution in [3.05, 3.63) is 0 Å². The van der Waals surface area contributed by atoms with E-state index in [1.54, 1.807) is 0 Å². The molecule has 2 heterocycles. The van der Waals surface area contributed by atoms with Crippen LogP contribution in [0.25, 0.3) is 0 Å². The van der Waals surface area contributed by atoms with Gasteiger partial charge < -0.3 is 5.32 Å². The van der Waals surface area contributed by atoms with E-state index in [-0.39, 0.29) is 0 Å². The number of hydrogen-bond acceptors (Lipinski definition) is 2. The highest BCUT2D eigenvalue weighted by molar-refractivity contribution is 4.99. The molecule has 80 valence electrons. The minimum Gasteiger partial charge on any atom is -0.314 e. The van der Waals surface area contributed by atoms with Gasteiger partial charge in [0.25, 0.3) is 0 Å². The molecule has 0 aromatic rings. The van der Waals surface area contributed by atoms with E-state index in [0.717, 1.165) is 37.9 Å². The Hall–Kier alpha value is -0.150. The summed E-state index contributed by atoms with van der Waals surface area (Å²) in [5.41, 5.74) is -0.793. The average Bonchev–Trinajstić information content (AvgIpc) is 2.73. The standard InChI is InChI=1S/C11H19FN2/c12-11(3-4-11)8-14-6-2-10-9(7-14)1-5-13-10/h9-10,13H,1-8H2. The van der Waals surface area contributed by atoms with Crippen molar-refractivity contribution in [1.82, 2.24) is 10.2 Å². The summed E-state index contributed by atoms with van der Waals surface area (Å²) in [6.45, 7) is 4.10. The molecular formula is C11H19FN2. The molecule has 14 heavy (non-hydrogen) atoms. The van der Waals surface area contributed by atoms with Gasteiger partial charge in [-0.05, 0) is 44.7 Å². The first kappa shape index (κ1) is 9.10. The van der Waals surface area contributed by atoms with Gasteiger partial charge in [-0.25, -0.2) is 4.39 Å². The second kappa shape index (κ2) is 3.17. The van der Waals surface area contributed by atoms with Crippen molar-refractivity contribution >= 4 is 0 Å². The minimum atomic E-state index is -0.793. The zero-order chi connectivity index (χ0) is 9.60. The van der Waals surface area contributed by atoms with Crippen molar-refractivity contribution in [2.75, 3.05) is 26.2 Å². The van der Waals surface area contributed by atoms with E-state index in [0.29, 0.717) is 6.54 Å². The van der Waals surface area contributed by atoms with E-state index in [1.807, 2.05) is 0 Å². The van der Waals surface area contributed by atoms with Crippen LogP contribution in [0.2, 0.25) is 0 Å². The van der Waals surface area contributed by atoms with Gasteiger partial charge in [0.15, 0.2) is 0 Å². The summed E-state index contributed by atoms with van der Waals surface area (Å²) >= 11 is 0. The molecule has 2 aliphatic heterocycles. The first-order chi connectivity index (χ1) is 6.75. The Morgan fingerprint density at radius 1 is 1.36 bits per heavy atom. The van der Waals surface area contributed by atoms with Crippen LogP contribution in [0.4, 0.5) is 4.39 Å². The quantitative estimate of drug-likeness (QED) is 0.716. The Morgan fingerprint density at radius 3 is 3.00 bits per heavy atom. The van der Waals surface area contributed by atoms with Crippen molar-refractivity contribution < 1.29 is 4.39 Å². The number of alkyl halides is 1. The van der Waals surface area contributed by atoms with Crippen molar-refractivity contribution in [1.29, 1.82) is 0 Å². The molecule has 3 heteroatoms. The third kappa shape index (κ3) is 1.68. The fraction of sp³-hybridized carbons (Fsp3) is 1.00. The van der Waals surface area contributed by atoms with Crippen molar-refractivity contribution in [2.24, 2.45) is 5.92 Å². The van der Waals surface area contributed by atoms with Crippen LogP contribution in [0, 0.1) is 5.92 Å². The van der Waals surface area contributed by atoms with E-state index in [9.17, 15) is 4.39 Å². The third-order valence-electron chi connectivity index (χ3n) is 4.04. The number of piperidine rings is 1. The molecule has 0 aromatic carbocycles. The Morgan fingerprint density at radius 2 is 2.21 bits per heavy atom. The summed E-state index contributed by atoms with van der Waals surface area (Å²) in [7, 11) is 0. The lowest BCUT2D eigenvalue weighted by Crippen LogP contribution is -2.46. The Balaban J connectivity index is 1.56. The molecule has 3 fully saturated rings. The summed E-state index contributed by atoms with van der Waals surface area (Å²) in [5.74, 6) is 0.797. The van der Waals surface area contributed by atoms with Crippen LogP contribution in [0.1, 0.15) is 25.7 Å². The maximum Gasteiger partial charge on any atom is 0.123 e. The van der Waals surface area contributed by atoms with Gasteiger partial charge in [-0.2, -0.15) is 0 Å². The highest BCUT2D eigenvalue weighted by atomic mass is 19.1. The smallest absolute Gasteiger partial charge is 0.123 e. The lowest BCUT2D eigenvalue weighted by molar-refractivity contribution is 0.116. The van der Waals surface area contributed by atoms with Crippen LogP contribution in [-0.2, 0) is 0 Å². The lowest BCUT2D eigenvalue weighted by Gasteiger charge is -2.35. The number of nitrogens with zero attached hydrogens (tertiary/aromatic N) is 1. The highest BCUT2D eigenvalue weighted by Crippen LogP contribution is 2.41. The van der Waals surface area contributed by atoms with E-state index in [1.165, 1.54) is 19.4 Å². The summed E-state index contributed by atoms with van der Waals surface area (Å²) in [6.07, 6.45) is 4.12. The van der Waals surface area contributed by atoms with Crippen LogP contribution in [0.15, 0.2) is 0 Å². The number of likely N-dealkylation sites (tertiary alicyclic amines) is 1. The zero-order valence-corrected chi connectivity index (χ0v) is 8.64. The zero-order valence-electron chi connectivity index (χ0n) is 8.64. The molecule has 1 N–H and O–H groups in total. The summed E-state index contributed by atoms with van der Waals surface area (Å²) in [6, 6.07) is 0.737. The number of hydrogen-bond donors (Lipinski definition) is 1. The van der Waals surface area contributed by atoms with Gasteiger partial charge >= 0.3 is 0 Å². The van der Waals surface area contributed by atoms with Gasteiger partial charge in [0.05, 0.1) is 0 Å². The maximum absolute atomic E-state index is 13.6. The van der Waals surface area contributed by atoms with E-state index >= 15 is 0 Å². The number of halogens is 1. The molecule has 0 aromatic heterocycles. The Labute approximate surface area is 84.8 Å². The number of nitrogens with one attached hydrogen (secondary N) is 1. The van der Waals surface area contributed by atoms with Crippen molar-refractivity contribution in [2.45, 2.75) is 37.4 Å². The van der Waals surface area contributed by atoms with E-state index in [4.69, 9.17) is 0 Å². The van der Waals surface area contributed by atoms with Crippen LogP contribution in [0.5, 0.6) is 0 Å². The number of rotatable bonds is 2. The number of fused-ring (bicyclic) bond motifs is 1. The maximum atomic E-state index is 13.6.